The maximum atomic E-state index is 14.8. The zero-order valence-electron chi connectivity index (χ0n) is 75.9. The van der Waals surface area contributed by atoms with Gasteiger partial charge in [0.2, 0.25) is 11.9 Å². The number of nitrogens with zero attached hydrogens (tertiary/aromatic N) is 20. The van der Waals surface area contributed by atoms with E-state index in [-0.39, 0.29) is 39.4 Å². The van der Waals surface area contributed by atoms with E-state index in [1.165, 1.54) is 121 Å². The Bertz CT molecular complexity index is 7450. The molecule has 10 N–H and O–H groups in total. The third-order valence-corrected chi connectivity index (χ3v) is 20.4. The molecule has 8 aromatic carbocycles. The summed E-state index contributed by atoms with van der Waals surface area (Å²) in [7, 11) is 1.69. The molecule has 0 radical (unpaired) electrons. The van der Waals surface area contributed by atoms with E-state index in [1.54, 1.807) is 63.3 Å². The Morgan fingerprint density at radius 1 is 0.319 bits per heavy atom. The van der Waals surface area contributed by atoms with Gasteiger partial charge in [0, 0.05) is 107 Å². The van der Waals surface area contributed by atoms with Crippen molar-refractivity contribution in [1.29, 1.82) is 0 Å². The first-order chi connectivity index (χ1) is 65.9. The van der Waals surface area contributed by atoms with Gasteiger partial charge >= 0.3 is 6.18 Å². The molecule has 36 heteroatoms. The predicted octanol–water partition coefficient (Wildman–Crippen LogP) is 16.6. The molecular formula is C102H89F6N25O5. The Balaban J connectivity index is 0.000000146. The third-order valence-electron chi connectivity index (χ3n) is 20.4. The number of halogens is 6. The molecule has 0 unspecified atom stereocenters. The van der Waals surface area contributed by atoms with Gasteiger partial charge in [0.25, 0.3) is 29.5 Å². The summed E-state index contributed by atoms with van der Waals surface area (Å²) in [5, 5.41) is 25.7. The number of nitrogens with two attached hydrogens (primary N) is 5. The number of amides is 5. The lowest BCUT2D eigenvalue weighted by Gasteiger charge is -2.09. The molecular weight excluding hydrogens is 1770 g/mol. The van der Waals surface area contributed by atoms with Gasteiger partial charge in [-0.25, -0.2) is 62.7 Å². The lowest BCUT2D eigenvalue weighted by Crippen LogP contribution is -2.15. The molecule has 0 bridgehead atoms. The second-order valence-corrected chi connectivity index (χ2v) is 31.9. The topological polar surface area (TPSA) is 425 Å². The van der Waals surface area contributed by atoms with Crippen LogP contribution in [0.4, 0.5) is 26.3 Å². The zero-order chi connectivity index (χ0) is 98.8. The number of carbonyl (C=O) groups excluding carboxylic acids is 5. The lowest BCUT2D eigenvalue weighted by molar-refractivity contribution is -0.137. The fourth-order valence-electron chi connectivity index (χ4n) is 14.4. The summed E-state index contributed by atoms with van der Waals surface area (Å²) in [4.78, 5) is 92.0. The maximum Gasteiger partial charge on any atom is 0.416 e. The van der Waals surface area contributed by atoms with Crippen LogP contribution in [0.5, 0.6) is 0 Å². The summed E-state index contributed by atoms with van der Waals surface area (Å²) in [5.74, 6) is -2.84. The molecule has 138 heavy (non-hydrogen) atoms. The highest BCUT2D eigenvalue weighted by Crippen LogP contribution is 2.35. The molecule has 30 nitrogen and oxygen atoms in total. The quantitative estimate of drug-likeness (QED) is 0.0239. The largest absolute Gasteiger partial charge is 0.416 e. The summed E-state index contributed by atoms with van der Waals surface area (Å²) in [5.41, 5.74) is 45.9. The van der Waals surface area contributed by atoms with Crippen LogP contribution in [0.3, 0.4) is 0 Å². The molecule has 694 valence electrons. The van der Waals surface area contributed by atoms with Crippen molar-refractivity contribution in [3.63, 3.8) is 0 Å². The number of benzene rings is 8. The summed E-state index contributed by atoms with van der Waals surface area (Å²) >= 11 is 0. The number of alkyl halides is 3. The molecule has 0 saturated heterocycles. The van der Waals surface area contributed by atoms with Crippen molar-refractivity contribution in [2.24, 2.45) is 35.7 Å². The third kappa shape index (κ3) is 25.9. The minimum atomic E-state index is -4.47. The molecule has 0 aliphatic carbocycles. The van der Waals surface area contributed by atoms with Crippen molar-refractivity contribution in [2.75, 3.05) is 0 Å². The zero-order valence-corrected chi connectivity index (χ0v) is 75.9. The van der Waals surface area contributed by atoms with Gasteiger partial charge in [-0.2, -0.15) is 27.1 Å². The summed E-state index contributed by atoms with van der Waals surface area (Å²) in [6.07, 6.45) is 17.9. The average Bonchev–Trinajstić information content (AvgIpc) is 1.54. The Morgan fingerprint density at radius 3 is 1.05 bits per heavy atom. The molecule has 9 heterocycles. The van der Waals surface area contributed by atoms with E-state index < -0.39 is 59.0 Å². The number of pyridine rings is 3. The number of rotatable bonds is 22. The molecule has 0 spiro atoms. The van der Waals surface area contributed by atoms with Gasteiger partial charge in [0.15, 0.2) is 29.1 Å². The Kier molecular flexibility index (Phi) is 30.6. The molecule has 5 amide bonds. The fourth-order valence-corrected chi connectivity index (χ4v) is 14.4. The highest BCUT2D eigenvalue weighted by molar-refractivity contribution is 6.24. The van der Waals surface area contributed by atoms with Gasteiger partial charge in [-0.05, 0) is 199 Å². The molecule has 0 saturated carbocycles. The number of primary amides is 5. The van der Waals surface area contributed by atoms with E-state index in [4.69, 9.17) is 28.7 Å². The summed E-state index contributed by atoms with van der Waals surface area (Å²) < 4.78 is 88.5. The second kappa shape index (κ2) is 43.4. The van der Waals surface area contributed by atoms with Crippen molar-refractivity contribution in [2.45, 2.75) is 68.5 Å². The predicted molar refractivity (Wildman–Crippen MR) is 515 cm³/mol. The molecule has 0 aliphatic heterocycles. The number of aryl methyl sites for hydroxylation is 10. The van der Waals surface area contributed by atoms with Crippen LogP contribution in [-0.4, -0.2) is 128 Å². The first kappa shape index (κ1) is 97.3. The lowest BCUT2D eigenvalue weighted by atomic mass is 10.00. The highest BCUT2D eigenvalue weighted by atomic mass is 19.4. The van der Waals surface area contributed by atoms with Crippen LogP contribution in [0.25, 0.3) is 138 Å². The summed E-state index contributed by atoms with van der Waals surface area (Å²) in [6.45, 7) is 17.6. The number of carbonyl (C=O) groups is 5. The Morgan fingerprint density at radius 2 is 0.688 bits per heavy atom. The second-order valence-electron chi connectivity index (χ2n) is 31.9. The van der Waals surface area contributed by atoms with Gasteiger partial charge < -0.3 is 28.7 Å². The fraction of sp³-hybridized carbons (Fsp3) is 0.108. The highest BCUT2D eigenvalue weighted by Gasteiger charge is 2.32. The van der Waals surface area contributed by atoms with Crippen LogP contribution in [0.15, 0.2) is 269 Å². The Hall–Kier alpha value is -18.3. The van der Waals surface area contributed by atoms with Crippen LogP contribution in [-0.2, 0) is 37.2 Å². The van der Waals surface area contributed by atoms with Gasteiger partial charge in [0.1, 0.15) is 37.5 Å². The van der Waals surface area contributed by atoms with Crippen LogP contribution < -0.4 is 28.7 Å². The standard InChI is InChI=1S/C25H21FN4O.C24H21N5O.2C18H16FN5O.C17H15F3N6O/c1-16-10-17(2)12-20(11-16)25-28-15-30(29-25)14-22(24(27)31)19-8-9-21(23(26)13-19)18-6-4-3-5-7-18;1-16-10-17(2)12-21(11-16)24-27-15-29(28-24)14-22(23(25)30)19-7-5-18(6-8-19)20-4-3-9-26-13-20;1-11-5-12(2)7-14(6-11)18-22-10-24(23-18)9-15(17(20)25)13-3-4-16(19)21-8-13;1-11-6-12(2)8-13(7-11)18-21-10-24(23-18)9-14(17(20)25)15-4-3-5-16(19)22-15;1-10-3-11(5-13(4-10)17(18,19)20)16-22-9-26(24-16)8-14(15(21)27)12-6-23-25(2)7-12/h3-15H,1-2H3,(H2,27,31);3-15H,1-2H3,(H2,25,30);2*3-10H,1-2H3,(H2,20,25);3-9H,1-2H3,(H2,21,27)/b2*22-14+;15-9-;14-9+;14-8+. The molecule has 0 atom stereocenters. The molecule has 17 aromatic rings. The molecule has 9 aromatic heterocycles. The van der Waals surface area contributed by atoms with Crippen molar-refractivity contribution < 1.29 is 50.3 Å². The van der Waals surface area contributed by atoms with Gasteiger partial charge in [-0.1, -0.05) is 148 Å². The first-order valence-corrected chi connectivity index (χ1v) is 42.2. The summed E-state index contributed by atoms with van der Waals surface area (Å²) in [6, 6.07) is 59.8. The van der Waals surface area contributed by atoms with E-state index in [0.717, 1.165) is 102 Å². The van der Waals surface area contributed by atoms with Crippen LogP contribution in [0, 0.1) is 80.0 Å². The van der Waals surface area contributed by atoms with Gasteiger partial charge in [-0.3, -0.25) is 33.6 Å². The normalized spacial score (nSPS) is 11.7. The van der Waals surface area contributed by atoms with E-state index in [9.17, 15) is 50.3 Å². The van der Waals surface area contributed by atoms with Gasteiger partial charge in [-0.15, -0.1) is 25.5 Å². The number of hydrogen-bond acceptors (Lipinski definition) is 19. The molecule has 17 rings (SSSR count). The van der Waals surface area contributed by atoms with Crippen LogP contribution >= 0.6 is 0 Å². The van der Waals surface area contributed by atoms with Crippen molar-refractivity contribution >= 4 is 88.4 Å². The van der Waals surface area contributed by atoms with E-state index in [2.05, 4.69) is 94.7 Å². The van der Waals surface area contributed by atoms with Crippen LogP contribution in [0.2, 0.25) is 0 Å². The Labute approximate surface area is 786 Å². The van der Waals surface area contributed by atoms with Crippen molar-refractivity contribution in [3.05, 3.63) is 370 Å². The van der Waals surface area contributed by atoms with E-state index >= 15 is 0 Å². The average molecular weight is 1860 g/mol. The first-order valence-electron chi connectivity index (χ1n) is 42.2. The number of aromatic nitrogens is 20. The SMILES string of the molecule is Cc1cc(-c2ncn(/C=C(/C(N)=O)c3cnn(C)c3)n2)cc(C(F)(F)F)c1.Cc1cc(C)cc(-c2ncn(/C=C(/C(N)=O)c3ccc(-c4ccccc4)c(F)c3)n2)c1.Cc1cc(C)cc(-c2ncn(/C=C(/C(N)=O)c3ccc(-c4cccnc4)cc3)n2)c1.Cc1cc(C)cc(-c2ncn(/C=C(/C(N)=O)c3cccc(F)n3)n2)c1.Cc1cc(C)cc(-c2ncn(/C=C(\C(N)=O)c3ccc(F)nc3)n2)c1. The molecule has 0 aliphatic rings. The van der Waals surface area contributed by atoms with E-state index in [0.29, 0.717) is 62.3 Å². The smallest absolute Gasteiger partial charge is 0.366 e. The maximum absolute atomic E-state index is 14.8. The van der Waals surface area contributed by atoms with Gasteiger partial charge in [0.05, 0.1) is 45.3 Å². The molecule has 0 fully saturated rings. The van der Waals surface area contributed by atoms with E-state index in [1.807, 2.05) is 171 Å². The minimum Gasteiger partial charge on any atom is -0.366 e. The van der Waals surface area contributed by atoms with Crippen LogP contribution in [0.1, 0.15) is 83.6 Å². The minimum absolute atomic E-state index is 0.0383. The number of hydrogen-bond donors (Lipinski definition) is 5. The van der Waals surface area contributed by atoms with Crippen molar-refractivity contribution in [1.82, 2.24) is 98.6 Å². The monoisotopic (exact) mass is 1860 g/mol. The van der Waals surface area contributed by atoms with Crippen molar-refractivity contribution in [3.8, 4) is 79.2 Å².